The number of rotatable bonds is 3. The van der Waals surface area contributed by atoms with Gasteiger partial charge in [0, 0.05) is 19.6 Å². The van der Waals surface area contributed by atoms with E-state index in [2.05, 4.69) is 11.9 Å². The minimum absolute atomic E-state index is 0.355. The maximum atomic E-state index is 5.77. The van der Waals surface area contributed by atoms with E-state index >= 15 is 0 Å². The Hall–Kier alpha value is -1.06. The minimum atomic E-state index is 0.355. The quantitative estimate of drug-likeness (QED) is 0.771. The third kappa shape index (κ3) is 2.05. The largest absolute Gasteiger partial charge is 0.488 e. The monoisotopic (exact) mass is 192 g/mol. The van der Waals surface area contributed by atoms with Crippen LogP contribution in [0.1, 0.15) is 5.56 Å². The van der Waals surface area contributed by atoms with Crippen LogP contribution in [0.25, 0.3) is 0 Å². The van der Waals surface area contributed by atoms with E-state index in [1.165, 1.54) is 0 Å². The normalized spacial score (nSPS) is 17.9. The van der Waals surface area contributed by atoms with E-state index in [1.54, 1.807) is 0 Å². The van der Waals surface area contributed by atoms with Crippen LogP contribution in [0.4, 0.5) is 0 Å². The van der Waals surface area contributed by atoms with E-state index in [0.717, 1.165) is 24.4 Å². The summed E-state index contributed by atoms with van der Waals surface area (Å²) in [5.74, 6) is 0.936. The zero-order valence-corrected chi connectivity index (χ0v) is 8.44. The molecule has 0 radical (unpaired) electrons. The Balaban J connectivity index is 1.95. The summed E-state index contributed by atoms with van der Waals surface area (Å²) in [6.07, 6.45) is 0.355. The topological polar surface area (TPSA) is 38.5 Å². The fourth-order valence-corrected chi connectivity index (χ4v) is 1.65. The lowest BCUT2D eigenvalue weighted by molar-refractivity contribution is 0.0388. The molecule has 3 nitrogen and oxygen atoms in total. The summed E-state index contributed by atoms with van der Waals surface area (Å²) in [5.41, 5.74) is 6.67. The van der Waals surface area contributed by atoms with Crippen LogP contribution in [-0.2, 0) is 6.54 Å². The van der Waals surface area contributed by atoms with Gasteiger partial charge in [0.05, 0.1) is 0 Å². The van der Waals surface area contributed by atoms with E-state index in [4.69, 9.17) is 10.5 Å². The maximum absolute atomic E-state index is 5.77. The molecule has 1 aliphatic rings. The van der Waals surface area contributed by atoms with Crippen LogP contribution in [0.15, 0.2) is 24.3 Å². The van der Waals surface area contributed by atoms with Gasteiger partial charge in [0.1, 0.15) is 11.9 Å². The van der Waals surface area contributed by atoms with E-state index in [-0.39, 0.29) is 0 Å². The Morgan fingerprint density at radius 3 is 2.93 bits per heavy atom. The third-order valence-electron chi connectivity index (χ3n) is 2.47. The average Bonchev–Trinajstić information content (AvgIpc) is 2.16. The Morgan fingerprint density at radius 2 is 2.29 bits per heavy atom. The number of nitrogens with two attached hydrogens (primary N) is 1. The van der Waals surface area contributed by atoms with Gasteiger partial charge in [-0.25, -0.2) is 0 Å². The Kier molecular flexibility index (Phi) is 2.70. The minimum Gasteiger partial charge on any atom is -0.488 e. The molecule has 1 saturated heterocycles. The van der Waals surface area contributed by atoms with Crippen LogP contribution in [0.5, 0.6) is 5.75 Å². The molecule has 0 amide bonds. The molecule has 0 saturated carbocycles. The molecular weight excluding hydrogens is 176 g/mol. The number of hydrogen-bond donors (Lipinski definition) is 1. The Bertz CT molecular complexity index is 308. The van der Waals surface area contributed by atoms with Gasteiger partial charge < -0.3 is 10.5 Å². The maximum Gasteiger partial charge on any atom is 0.124 e. The summed E-state index contributed by atoms with van der Waals surface area (Å²) in [5, 5.41) is 0. The van der Waals surface area contributed by atoms with E-state index in [1.807, 2.05) is 24.3 Å². The van der Waals surface area contributed by atoms with Gasteiger partial charge in [-0.2, -0.15) is 0 Å². The fraction of sp³-hybridized carbons (Fsp3) is 0.455. The molecule has 1 heterocycles. The highest BCUT2D eigenvalue weighted by atomic mass is 16.5. The zero-order valence-electron chi connectivity index (χ0n) is 8.44. The van der Waals surface area contributed by atoms with Gasteiger partial charge in [0.25, 0.3) is 0 Å². The molecule has 0 bridgehead atoms. The van der Waals surface area contributed by atoms with Crippen molar-refractivity contribution < 1.29 is 4.74 Å². The number of hydrogen-bond acceptors (Lipinski definition) is 3. The molecule has 14 heavy (non-hydrogen) atoms. The Labute approximate surface area is 84.5 Å². The summed E-state index contributed by atoms with van der Waals surface area (Å²) in [4.78, 5) is 2.23. The predicted molar refractivity (Wildman–Crippen MR) is 56.2 cm³/mol. The molecule has 76 valence electrons. The first-order valence-electron chi connectivity index (χ1n) is 4.92. The molecule has 0 spiro atoms. The molecule has 0 aromatic heterocycles. The zero-order chi connectivity index (χ0) is 9.97. The van der Waals surface area contributed by atoms with Crippen molar-refractivity contribution in [2.45, 2.75) is 12.6 Å². The summed E-state index contributed by atoms with van der Waals surface area (Å²) in [7, 11) is 2.09. The van der Waals surface area contributed by atoms with Gasteiger partial charge >= 0.3 is 0 Å². The highest BCUT2D eigenvalue weighted by Crippen LogP contribution is 2.18. The first-order valence-corrected chi connectivity index (χ1v) is 4.92. The van der Waals surface area contributed by atoms with Crippen LogP contribution in [0, 0.1) is 0 Å². The van der Waals surface area contributed by atoms with Crippen LogP contribution < -0.4 is 10.5 Å². The number of likely N-dealkylation sites (tertiary alicyclic amines) is 1. The highest BCUT2D eigenvalue weighted by molar-refractivity contribution is 5.28. The summed E-state index contributed by atoms with van der Waals surface area (Å²) < 4.78 is 5.77. The van der Waals surface area contributed by atoms with E-state index in [0.29, 0.717) is 12.6 Å². The molecule has 1 aromatic rings. The SMILES string of the molecule is CN1CC(Oc2cccc(CN)c2)C1. The predicted octanol–water partition coefficient (Wildman–Crippen LogP) is 0.838. The molecule has 0 unspecified atom stereocenters. The number of ether oxygens (including phenoxy) is 1. The average molecular weight is 192 g/mol. The molecule has 3 heteroatoms. The second kappa shape index (κ2) is 3.98. The van der Waals surface area contributed by atoms with Gasteiger partial charge in [-0.05, 0) is 24.7 Å². The lowest BCUT2D eigenvalue weighted by Gasteiger charge is -2.36. The van der Waals surface area contributed by atoms with Gasteiger partial charge in [-0.1, -0.05) is 12.1 Å². The van der Waals surface area contributed by atoms with Gasteiger partial charge in [-0.3, -0.25) is 4.90 Å². The van der Waals surface area contributed by atoms with Crippen molar-refractivity contribution in [1.82, 2.24) is 4.90 Å². The molecule has 1 fully saturated rings. The van der Waals surface area contributed by atoms with Crippen molar-refractivity contribution in [1.29, 1.82) is 0 Å². The fourth-order valence-electron chi connectivity index (χ4n) is 1.65. The van der Waals surface area contributed by atoms with Crippen LogP contribution in [0.2, 0.25) is 0 Å². The van der Waals surface area contributed by atoms with Crippen molar-refractivity contribution in [3.63, 3.8) is 0 Å². The van der Waals surface area contributed by atoms with Crippen LogP contribution >= 0.6 is 0 Å². The van der Waals surface area contributed by atoms with Crippen molar-refractivity contribution in [3.8, 4) is 5.75 Å². The molecule has 1 aromatic carbocycles. The summed E-state index contributed by atoms with van der Waals surface area (Å²) >= 11 is 0. The lowest BCUT2D eigenvalue weighted by atomic mass is 10.2. The summed E-state index contributed by atoms with van der Waals surface area (Å²) in [6, 6.07) is 8.00. The molecule has 2 N–H and O–H groups in total. The highest BCUT2D eigenvalue weighted by Gasteiger charge is 2.24. The second-order valence-electron chi connectivity index (χ2n) is 3.81. The van der Waals surface area contributed by atoms with E-state index < -0.39 is 0 Å². The van der Waals surface area contributed by atoms with E-state index in [9.17, 15) is 0 Å². The standard InChI is InChI=1S/C11H16N2O/c1-13-7-11(8-13)14-10-4-2-3-9(5-10)6-12/h2-5,11H,6-8,12H2,1H3. The molecule has 2 rings (SSSR count). The van der Waals surface area contributed by atoms with Crippen molar-refractivity contribution >= 4 is 0 Å². The van der Waals surface area contributed by atoms with Crippen molar-refractivity contribution in [3.05, 3.63) is 29.8 Å². The number of likely N-dealkylation sites (N-methyl/N-ethyl adjacent to an activating group) is 1. The van der Waals surface area contributed by atoms with Crippen LogP contribution in [0.3, 0.4) is 0 Å². The first kappa shape index (κ1) is 9.49. The van der Waals surface area contributed by atoms with Crippen molar-refractivity contribution in [2.24, 2.45) is 5.73 Å². The van der Waals surface area contributed by atoms with Crippen LogP contribution in [-0.4, -0.2) is 31.1 Å². The van der Waals surface area contributed by atoms with Gasteiger partial charge in [0.15, 0.2) is 0 Å². The third-order valence-corrected chi connectivity index (χ3v) is 2.47. The van der Waals surface area contributed by atoms with Gasteiger partial charge in [-0.15, -0.1) is 0 Å². The molecule has 0 atom stereocenters. The lowest BCUT2D eigenvalue weighted by Crippen LogP contribution is -2.51. The second-order valence-corrected chi connectivity index (χ2v) is 3.81. The number of benzene rings is 1. The van der Waals surface area contributed by atoms with Crippen molar-refractivity contribution in [2.75, 3.05) is 20.1 Å². The molecular formula is C11H16N2O. The molecule has 1 aliphatic heterocycles. The summed E-state index contributed by atoms with van der Waals surface area (Å²) in [6.45, 7) is 2.61. The van der Waals surface area contributed by atoms with Gasteiger partial charge in [0.2, 0.25) is 0 Å². The first-order chi connectivity index (χ1) is 6.78. The number of nitrogens with zero attached hydrogens (tertiary/aromatic N) is 1. The Morgan fingerprint density at radius 1 is 1.50 bits per heavy atom. The smallest absolute Gasteiger partial charge is 0.124 e. The molecule has 0 aliphatic carbocycles.